The number of anilines is 2. The highest BCUT2D eigenvalue weighted by molar-refractivity contribution is 5.66. The number of methoxy groups -OCH3 is 1. The normalized spacial score (nSPS) is 22.8. The zero-order chi connectivity index (χ0) is 14.9. The van der Waals surface area contributed by atoms with Crippen molar-refractivity contribution in [2.24, 2.45) is 0 Å². The van der Waals surface area contributed by atoms with Gasteiger partial charge in [-0.1, -0.05) is 0 Å². The number of carbonyl (C=O) groups is 1. The van der Waals surface area contributed by atoms with Crippen LogP contribution in [-0.4, -0.2) is 53.4 Å². The maximum atomic E-state index is 11.2. The first-order valence-corrected chi connectivity index (χ1v) is 6.50. The van der Waals surface area contributed by atoms with Crippen molar-refractivity contribution in [3.63, 3.8) is 0 Å². The number of piperazine rings is 1. The van der Waals surface area contributed by atoms with E-state index in [0.29, 0.717) is 24.7 Å². The second-order valence-corrected chi connectivity index (χ2v) is 5.05. The SMILES string of the molecule is COc1ccc(N2C[C@@H](C)N(C(=O)O)[C@@H](C)C2)nc1N. The molecule has 0 unspecified atom stereocenters. The molecule has 3 N–H and O–H groups in total. The predicted molar refractivity (Wildman–Crippen MR) is 76.2 cm³/mol. The Bertz CT molecular complexity index is 496. The third kappa shape index (κ3) is 2.56. The molecule has 2 atom stereocenters. The summed E-state index contributed by atoms with van der Waals surface area (Å²) in [5, 5.41) is 9.20. The monoisotopic (exact) mass is 280 g/mol. The lowest BCUT2D eigenvalue weighted by Crippen LogP contribution is -2.58. The van der Waals surface area contributed by atoms with Gasteiger partial charge in [0.05, 0.1) is 19.2 Å². The molecule has 0 spiro atoms. The minimum absolute atomic E-state index is 0.0959. The van der Waals surface area contributed by atoms with Crippen molar-refractivity contribution in [3.8, 4) is 5.75 Å². The van der Waals surface area contributed by atoms with Crippen molar-refractivity contribution < 1.29 is 14.6 Å². The van der Waals surface area contributed by atoms with Crippen LogP contribution in [0.4, 0.5) is 16.4 Å². The van der Waals surface area contributed by atoms with Crippen LogP contribution < -0.4 is 15.4 Å². The molecule has 7 nitrogen and oxygen atoms in total. The summed E-state index contributed by atoms with van der Waals surface area (Å²) in [6.45, 7) is 4.97. The molecular formula is C13H20N4O3. The Morgan fingerprint density at radius 1 is 1.40 bits per heavy atom. The summed E-state index contributed by atoms with van der Waals surface area (Å²) < 4.78 is 5.09. The summed E-state index contributed by atoms with van der Waals surface area (Å²) in [6.07, 6.45) is -0.883. The van der Waals surface area contributed by atoms with Crippen LogP contribution in [-0.2, 0) is 0 Å². The Balaban J connectivity index is 2.19. The number of nitrogens with zero attached hydrogens (tertiary/aromatic N) is 3. The van der Waals surface area contributed by atoms with Crippen molar-refractivity contribution in [1.29, 1.82) is 0 Å². The lowest BCUT2D eigenvalue weighted by Gasteiger charge is -2.43. The Morgan fingerprint density at radius 2 is 2.00 bits per heavy atom. The van der Waals surface area contributed by atoms with E-state index in [1.54, 1.807) is 13.2 Å². The van der Waals surface area contributed by atoms with Gasteiger partial charge in [-0.15, -0.1) is 0 Å². The standard InChI is InChI=1S/C13H20N4O3/c1-8-6-16(7-9(2)17(8)13(18)19)11-5-4-10(20-3)12(14)15-11/h4-5,8-9H,6-7H2,1-3H3,(H2,14,15)(H,18,19)/t8-,9+. The summed E-state index contributed by atoms with van der Waals surface area (Å²) >= 11 is 0. The van der Waals surface area contributed by atoms with E-state index in [1.165, 1.54) is 4.90 Å². The Labute approximate surface area is 117 Å². The quantitative estimate of drug-likeness (QED) is 0.847. The van der Waals surface area contributed by atoms with Crippen molar-refractivity contribution in [2.45, 2.75) is 25.9 Å². The van der Waals surface area contributed by atoms with Crippen LogP contribution in [0.25, 0.3) is 0 Å². The molecule has 1 aromatic heterocycles. The smallest absolute Gasteiger partial charge is 0.407 e. The predicted octanol–water partition coefficient (Wildman–Crippen LogP) is 1.25. The van der Waals surface area contributed by atoms with Crippen molar-refractivity contribution in [3.05, 3.63) is 12.1 Å². The van der Waals surface area contributed by atoms with Gasteiger partial charge < -0.3 is 20.5 Å². The van der Waals surface area contributed by atoms with Crippen molar-refractivity contribution >= 4 is 17.7 Å². The second kappa shape index (κ2) is 5.44. The van der Waals surface area contributed by atoms with E-state index in [1.807, 2.05) is 24.8 Å². The Hall–Kier alpha value is -2.18. The van der Waals surface area contributed by atoms with Crippen LogP contribution in [0.2, 0.25) is 0 Å². The van der Waals surface area contributed by atoms with Crippen LogP contribution in [0.3, 0.4) is 0 Å². The van der Waals surface area contributed by atoms with Crippen molar-refractivity contribution in [1.82, 2.24) is 9.88 Å². The van der Waals surface area contributed by atoms with E-state index < -0.39 is 6.09 Å². The minimum Gasteiger partial charge on any atom is -0.493 e. The first kappa shape index (κ1) is 14.2. The highest BCUT2D eigenvalue weighted by Gasteiger charge is 2.33. The van der Waals surface area contributed by atoms with Gasteiger partial charge in [-0.2, -0.15) is 0 Å². The molecule has 2 heterocycles. The number of hydrogen-bond donors (Lipinski definition) is 2. The molecule has 20 heavy (non-hydrogen) atoms. The molecular weight excluding hydrogens is 260 g/mol. The third-order valence-corrected chi connectivity index (χ3v) is 3.55. The number of nitrogen functional groups attached to an aromatic ring is 1. The van der Waals surface area contributed by atoms with Crippen LogP contribution in [0.15, 0.2) is 12.1 Å². The molecule has 0 aromatic carbocycles. The van der Waals surface area contributed by atoms with E-state index >= 15 is 0 Å². The molecule has 1 aromatic rings. The number of amides is 1. The van der Waals surface area contributed by atoms with E-state index in [2.05, 4.69) is 4.98 Å². The lowest BCUT2D eigenvalue weighted by atomic mass is 10.1. The summed E-state index contributed by atoms with van der Waals surface area (Å²) in [5.74, 6) is 1.62. The summed E-state index contributed by atoms with van der Waals surface area (Å²) in [7, 11) is 1.54. The number of aromatic nitrogens is 1. The topological polar surface area (TPSA) is 91.9 Å². The number of nitrogens with two attached hydrogens (primary N) is 1. The first-order chi connectivity index (χ1) is 9.43. The number of rotatable bonds is 2. The van der Waals surface area contributed by atoms with Gasteiger partial charge in [0.15, 0.2) is 11.6 Å². The molecule has 0 bridgehead atoms. The fourth-order valence-corrected chi connectivity index (χ4v) is 2.69. The van der Waals surface area contributed by atoms with Gasteiger partial charge in [-0.05, 0) is 26.0 Å². The average molecular weight is 280 g/mol. The van der Waals surface area contributed by atoms with E-state index in [4.69, 9.17) is 10.5 Å². The van der Waals surface area contributed by atoms with Crippen LogP contribution in [0.5, 0.6) is 5.75 Å². The van der Waals surface area contributed by atoms with Crippen LogP contribution in [0.1, 0.15) is 13.8 Å². The molecule has 1 aliphatic heterocycles. The fraction of sp³-hybridized carbons (Fsp3) is 0.538. The second-order valence-electron chi connectivity index (χ2n) is 5.05. The number of ether oxygens (including phenoxy) is 1. The van der Waals surface area contributed by atoms with Gasteiger partial charge in [0.2, 0.25) is 0 Å². The summed E-state index contributed by atoms with van der Waals surface area (Å²) in [5.41, 5.74) is 5.82. The highest BCUT2D eigenvalue weighted by Crippen LogP contribution is 2.26. The van der Waals surface area contributed by atoms with E-state index in [0.717, 1.165) is 5.82 Å². The molecule has 7 heteroatoms. The number of carboxylic acid groups (broad SMARTS) is 1. The van der Waals surface area contributed by atoms with Gasteiger partial charge in [-0.25, -0.2) is 9.78 Å². The molecule has 1 fully saturated rings. The largest absolute Gasteiger partial charge is 0.493 e. The van der Waals surface area contributed by atoms with Crippen molar-refractivity contribution in [2.75, 3.05) is 30.8 Å². The molecule has 1 saturated heterocycles. The van der Waals surface area contributed by atoms with Crippen LogP contribution >= 0.6 is 0 Å². The van der Waals surface area contributed by atoms with Gasteiger partial charge in [0.25, 0.3) is 0 Å². The number of pyridine rings is 1. The molecule has 1 amide bonds. The molecule has 110 valence electrons. The van der Waals surface area contributed by atoms with Gasteiger partial charge in [0.1, 0.15) is 5.82 Å². The minimum atomic E-state index is -0.883. The number of hydrogen-bond acceptors (Lipinski definition) is 5. The molecule has 1 aliphatic rings. The molecule has 0 aliphatic carbocycles. The molecule has 0 saturated carbocycles. The summed E-state index contributed by atoms with van der Waals surface area (Å²) in [4.78, 5) is 19.1. The lowest BCUT2D eigenvalue weighted by molar-refractivity contribution is 0.0981. The Kier molecular flexibility index (Phi) is 3.87. The van der Waals surface area contributed by atoms with Gasteiger partial charge >= 0.3 is 6.09 Å². The highest BCUT2D eigenvalue weighted by atomic mass is 16.5. The van der Waals surface area contributed by atoms with E-state index in [-0.39, 0.29) is 12.1 Å². The molecule has 2 rings (SSSR count). The van der Waals surface area contributed by atoms with E-state index in [9.17, 15) is 9.90 Å². The maximum Gasteiger partial charge on any atom is 0.407 e. The Morgan fingerprint density at radius 3 is 2.45 bits per heavy atom. The summed E-state index contributed by atoms with van der Waals surface area (Å²) in [6, 6.07) is 3.42. The fourth-order valence-electron chi connectivity index (χ4n) is 2.69. The third-order valence-electron chi connectivity index (χ3n) is 3.55. The average Bonchev–Trinajstić information content (AvgIpc) is 2.37. The zero-order valence-corrected chi connectivity index (χ0v) is 11.9. The van der Waals surface area contributed by atoms with Crippen LogP contribution in [0, 0.1) is 0 Å². The van der Waals surface area contributed by atoms with Gasteiger partial charge in [-0.3, -0.25) is 4.90 Å². The maximum absolute atomic E-state index is 11.2. The molecule has 0 radical (unpaired) electrons. The first-order valence-electron chi connectivity index (χ1n) is 6.50. The zero-order valence-electron chi connectivity index (χ0n) is 11.9. The van der Waals surface area contributed by atoms with Gasteiger partial charge in [0, 0.05) is 13.1 Å².